The maximum absolute atomic E-state index is 14.1. The van der Waals surface area contributed by atoms with Crippen LogP contribution in [0, 0.1) is 28.6 Å². The van der Waals surface area contributed by atoms with Crippen LogP contribution < -0.4 is 10.6 Å². The number of alkyl halides is 4. The summed E-state index contributed by atoms with van der Waals surface area (Å²) in [7, 11) is 0. The zero-order chi connectivity index (χ0) is 31.6. The molecule has 3 aromatic rings. The van der Waals surface area contributed by atoms with Gasteiger partial charge in [-0.15, -0.1) is 0 Å². The third-order valence-electron chi connectivity index (χ3n) is 9.94. The van der Waals surface area contributed by atoms with Crippen LogP contribution in [-0.4, -0.2) is 48.6 Å². The quantitative estimate of drug-likeness (QED) is 0.292. The molecule has 4 fully saturated rings. The molecule has 0 spiro atoms. The Morgan fingerprint density at radius 3 is 2.44 bits per heavy atom. The number of nitrogens with zero attached hydrogens (tertiary/aromatic N) is 6. The Hall–Kier alpha value is -4.09. The van der Waals surface area contributed by atoms with E-state index in [4.69, 9.17) is 9.61 Å². The van der Waals surface area contributed by atoms with Gasteiger partial charge in [-0.25, -0.2) is 31.7 Å². The number of halogens is 4. The molecule has 0 aliphatic heterocycles. The number of rotatable bonds is 10. The van der Waals surface area contributed by atoms with E-state index in [1.54, 1.807) is 12.3 Å². The summed E-state index contributed by atoms with van der Waals surface area (Å²) < 4.78 is 61.5. The molecule has 3 aromatic heterocycles. The summed E-state index contributed by atoms with van der Waals surface area (Å²) in [6.45, 7) is 0. The summed E-state index contributed by atoms with van der Waals surface area (Å²) in [5, 5.41) is 28.0. The molecule has 3 heterocycles. The van der Waals surface area contributed by atoms with E-state index in [9.17, 15) is 32.4 Å². The van der Waals surface area contributed by atoms with Crippen molar-refractivity contribution in [3.8, 4) is 6.07 Å². The van der Waals surface area contributed by atoms with Crippen LogP contribution >= 0.6 is 0 Å². The molecular weight excluding hydrogens is 596 g/mol. The minimum Gasteiger partial charge on any atom is -0.348 e. The van der Waals surface area contributed by atoms with Crippen molar-refractivity contribution in [1.29, 1.82) is 5.26 Å². The van der Waals surface area contributed by atoms with Gasteiger partial charge in [-0.2, -0.15) is 10.4 Å². The SMILES string of the molecule is N#CC1([C@@H](NC(=O)C[C@@H]2CC2(F)F)c2cnn3cc([C@@H](NC(=O)c4nonc4C4CC4)C4CCC(F)(F)CC4)nc3c2)CCC1. The first kappa shape index (κ1) is 29.6. The van der Waals surface area contributed by atoms with E-state index >= 15 is 0 Å². The number of imidazole rings is 1. The van der Waals surface area contributed by atoms with Gasteiger partial charge in [0, 0.05) is 37.5 Å². The Bertz CT molecular complexity index is 1660. The molecule has 2 N–H and O–H groups in total. The van der Waals surface area contributed by atoms with Crippen molar-refractivity contribution in [2.75, 3.05) is 0 Å². The van der Waals surface area contributed by atoms with E-state index in [-0.39, 0.29) is 56.1 Å². The lowest BCUT2D eigenvalue weighted by Crippen LogP contribution is -2.44. The van der Waals surface area contributed by atoms with Gasteiger partial charge in [-0.3, -0.25) is 9.59 Å². The molecule has 238 valence electrons. The van der Waals surface area contributed by atoms with Crippen molar-refractivity contribution in [2.24, 2.45) is 17.3 Å². The summed E-state index contributed by atoms with van der Waals surface area (Å²) in [6, 6.07) is 2.48. The summed E-state index contributed by atoms with van der Waals surface area (Å²) >= 11 is 0. The smallest absolute Gasteiger partial charge is 0.276 e. The zero-order valence-electron chi connectivity index (χ0n) is 24.3. The van der Waals surface area contributed by atoms with Crippen LogP contribution in [-0.2, 0) is 4.79 Å². The molecule has 15 heteroatoms. The van der Waals surface area contributed by atoms with Gasteiger partial charge in [0.15, 0.2) is 11.3 Å². The second kappa shape index (κ2) is 10.8. The van der Waals surface area contributed by atoms with Gasteiger partial charge >= 0.3 is 0 Å². The molecule has 4 aliphatic carbocycles. The third-order valence-corrected chi connectivity index (χ3v) is 9.94. The minimum absolute atomic E-state index is 0.0673. The number of hydrogen-bond acceptors (Lipinski definition) is 8. The second-order valence-electron chi connectivity index (χ2n) is 13.2. The molecule has 4 aliphatic rings. The van der Waals surface area contributed by atoms with Crippen LogP contribution in [0.3, 0.4) is 0 Å². The lowest BCUT2D eigenvalue weighted by atomic mass is 9.63. The van der Waals surface area contributed by atoms with Crippen LogP contribution in [0.2, 0.25) is 0 Å². The molecule has 0 radical (unpaired) electrons. The molecule has 0 unspecified atom stereocenters. The third kappa shape index (κ3) is 5.75. The van der Waals surface area contributed by atoms with Crippen LogP contribution in [0.15, 0.2) is 23.1 Å². The average molecular weight is 629 g/mol. The normalized spacial score (nSPS) is 24.6. The maximum atomic E-state index is 14.1. The van der Waals surface area contributed by atoms with E-state index in [1.807, 2.05) is 0 Å². The van der Waals surface area contributed by atoms with E-state index in [2.05, 4.69) is 32.1 Å². The van der Waals surface area contributed by atoms with Gasteiger partial charge < -0.3 is 10.6 Å². The molecule has 0 bridgehead atoms. The first-order valence-corrected chi connectivity index (χ1v) is 15.4. The van der Waals surface area contributed by atoms with Crippen molar-refractivity contribution in [2.45, 2.75) is 100 Å². The fraction of sp³-hybridized carbons (Fsp3) is 0.633. The monoisotopic (exact) mass is 628 g/mol. The van der Waals surface area contributed by atoms with E-state index < -0.39 is 47.1 Å². The number of aromatic nitrogens is 5. The van der Waals surface area contributed by atoms with Gasteiger partial charge in [-0.05, 0) is 61.2 Å². The van der Waals surface area contributed by atoms with Crippen LogP contribution in [0.25, 0.3) is 5.65 Å². The predicted octanol–water partition coefficient (Wildman–Crippen LogP) is 5.18. The fourth-order valence-electron chi connectivity index (χ4n) is 6.73. The standard InChI is InChI=1S/C30H32F4N8O3/c31-29(32)8-4-17(5-9-29)23(39-27(44)25-24(16-2-3-16)40-45-41-25)20-14-42-21(37-20)10-18(13-36-42)26(28(15-35)6-1-7-28)38-22(43)11-19-12-30(19,33)34/h10,13-14,16-17,19,23,26H,1-9,11-12H2,(H,38,43)(H,39,44)/t19-,23+,26+/m1/s1. The number of nitrogens with one attached hydrogen (secondary N) is 2. The molecule has 0 saturated heterocycles. The molecule has 45 heavy (non-hydrogen) atoms. The first-order valence-electron chi connectivity index (χ1n) is 15.4. The van der Waals surface area contributed by atoms with Gasteiger partial charge in [0.25, 0.3) is 11.8 Å². The summed E-state index contributed by atoms with van der Waals surface area (Å²) in [4.78, 5) is 30.9. The van der Waals surface area contributed by atoms with Crippen molar-refractivity contribution in [1.82, 2.24) is 35.5 Å². The summed E-state index contributed by atoms with van der Waals surface area (Å²) in [5.41, 5.74) is 0.887. The largest absolute Gasteiger partial charge is 0.348 e. The molecule has 11 nitrogen and oxygen atoms in total. The van der Waals surface area contributed by atoms with E-state index in [0.29, 0.717) is 35.4 Å². The Morgan fingerprint density at radius 1 is 1.09 bits per heavy atom. The highest BCUT2D eigenvalue weighted by Crippen LogP contribution is 2.52. The number of nitriles is 1. The molecular formula is C30H32F4N8O3. The van der Waals surface area contributed by atoms with Crippen molar-refractivity contribution in [3.05, 3.63) is 41.1 Å². The maximum Gasteiger partial charge on any atom is 0.276 e. The molecule has 3 atom stereocenters. The summed E-state index contributed by atoms with van der Waals surface area (Å²) in [5.74, 6) is -7.95. The van der Waals surface area contributed by atoms with E-state index in [1.165, 1.54) is 10.7 Å². The zero-order valence-corrected chi connectivity index (χ0v) is 24.3. The number of carbonyl (C=O) groups is 2. The van der Waals surface area contributed by atoms with Crippen molar-refractivity contribution in [3.63, 3.8) is 0 Å². The van der Waals surface area contributed by atoms with Gasteiger partial charge in [-0.1, -0.05) is 11.6 Å². The van der Waals surface area contributed by atoms with E-state index in [0.717, 1.165) is 19.3 Å². The highest BCUT2D eigenvalue weighted by molar-refractivity contribution is 5.93. The van der Waals surface area contributed by atoms with Gasteiger partial charge in [0.1, 0.15) is 5.69 Å². The lowest BCUT2D eigenvalue weighted by Gasteiger charge is -2.42. The predicted molar refractivity (Wildman–Crippen MR) is 147 cm³/mol. The number of amides is 2. The van der Waals surface area contributed by atoms with Gasteiger partial charge in [0.2, 0.25) is 11.8 Å². The average Bonchev–Trinajstić information content (AvgIpc) is 3.78. The number of fused-ring (bicyclic) bond motifs is 1. The molecule has 4 saturated carbocycles. The van der Waals surface area contributed by atoms with Crippen molar-refractivity contribution < 1.29 is 31.8 Å². The molecule has 2 amide bonds. The van der Waals surface area contributed by atoms with Crippen LogP contribution in [0.1, 0.15) is 116 Å². The minimum atomic E-state index is -2.84. The van der Waals surface area contributed by atoms with Crippen molar-refractivity contribution >= 4 is 17.5 Å². The first-order chi connectivity index (χ1) is 21.5. The second-order valence-corrected chi connectivity index (χ2v) is 13.2. The topological polar surface area (TPSA) is 151 Å². The Balaban J connectivity index is 1.18. The molecule has 7 rings (SSSR count). The highest BCUT2D eigenvalue weighted by Gasteiger charge is 2.57. The Kier molecular flexibility index (Phi) is 7.09. The lowest BCUT2D eigenvalue weighted by molar-refractivity contribution is -0.124. The highest BCUT2D eigenvalue weighted by atomic mass is 19.3. The van der Waals surface area contributed by atoms with Gasteiger partial charge in [0.05, 0.1) is 41.7 Å². The number of hydrogen-bond donors (Lipinski definition) is 2. The molecule has 0 aromatic carbocycles. The Morgan fingerprint density at radius 2 is 1.82 bits per heavy atom. The van der Waals surface area contributed by atoms with Crippen LogP contribution in [0.5, 0.6) is 0 Å². The number of carbonyl (C=O) groups excluding carboxylic acids is 2. The summed E-state index contributed by atoms with van der Waals surface area (Å²) in [6.07, 6.45) is 5.74. The Labute approximate surface area is 255 Å². The fourth-order valence-corrected chi connectivity index (χ4v) is 6.73. The van der Waals surface area contributed by atoms with Crippen LogP contribution in [0.4, 0.5) is 17.6 Å².